The number of nitrogens with zero attached hydrogens (tertiary/aromatic N) is 1. The molecule has 0 aromatic carbocycles. The quantitative estimate of drug-likeness (QED) is 0.840. The molecule has 0 aliphatic carbocycles. The van der Waals surface area contributed by atoms with Crippen molar-refractivity contribution in [3.63, 3.8) is 0 Å². The van der Waals surface area contributed by atoms with Crippen molar-refractivity contribution >= 4 is 11.6 Å². The topological polar surface area (TPSA) is 38.9 Å². The number of pyridine rings is 1. The van der Waals surface area contributed by atoms with Crippen molar-refractivity contribution in [1.82, 2.24) is 4.98 Å². The molecule has 0 saturated heterocycles. The van der Waals surface area contributed by atoms with E-state index in [0.29, 0.717) is 17.1 Å². The summed E-state index contributed by atoms with van der Waals surface area (Å²) in [6.07, 6.45) is 3.79. The lowest BCUT2D eigenvalue weighted by Crippen LogP contribution is -2.23. The highest BCUT2D eigenvalue weighted by Crippen LogP contribution is 2.13. The van der Waals surface area contributed by atoms with E-state index in [4.69, 9.17) is 17.3 Å². The van der Waals surface area contributed by atoms with E-state index >= 15 is 0 Å². The van der Waals surface area contributed by atoms with Crippen LogP contribution in [0.1, 0.15) is 25.5 Å². The molecule has 1 aromatic heterocycles. The van der Waals surface area contributed by atoms with Crippen molar-refractivity contribution in [2.24, 2.45) is 5.73 Å². The minimum atomic E-state index is -0.371. The summed E-state index contributed by atoms with van der Waals surface area (Å²) in [4.78, 5) is 3.91. The van der Waals surface area contributed by atoms with Gasteiger partial charge in [-0.25, -0.2) is 4.39 Å². The number of nitrogens with two attached hydrogens (primary N) is 1. The third-order valence-corrected chi connectivity index (χ3v) is 2.21. The van der Waals surface area contributed by atoms with Crippen molar-refractivity contribution in [3.05, 3.63) is 28.8 Å². The summed E-state index contributed by atoms with van der Waals surface area (Å²) in [6.45, 7) is 2.05. The fourth-order valence-corrected chi connectivity index (χ4v) is 1.46. The van der Waals surface area contributed by atoms with Gasteiger partial charge in [-0.2, -0.15) is 0 Å². The van der Waals surface area contributed by atoms with E-state index in [-0.39, 0.29) is 11.9 Å². The average molecular weight is 217 g/mol. The second-order valence-corrected chi connectivity index (χ2v) is 3.77. The molecule has 1 rings (SSSR count). The number of halogens is 2. The Morgan fingerprint density at radius 1 is 1.64 bits per heavy atom. The Kier molecular flexibility index (Phi) is 4.29. The van der Waals surface area contributed by atoms with Crippen LogP contribution in [0.3, 0.4) is 0 Å². The highest BCUT2D eigenvalue weighted by molar-refractivity contribution is 6.30. The van der Waals surface area contributed by atoms with Crippen LogP contribution in [-0.2, 0) is 6.42 Å². The fourth-order valence-electron chi connectivity index (χ4n) is 1.31. The van der Waals surface area contributed by atoms with Gasteiger partial charge in [0.1, 0.15) is 5.82 Å². The molecule has 0 radical (unpaired) electrons. The molecule has 0 spiro atoms. The van der Waals surface area contributed by atoms with Crippen molar-refractivity contribution in [1.29, 1.82) is 0 Å². The molecule has 0 bridgehead atoms. The van der Waals surface area contributed by atoms with Gasteiger partial charge in [-0.1, -0.05) is 24.9 Å². The van der Waals surface area contributed by atoms with Crippen LogP contribution in [0, 0.1) is 5.82 Å². The van der Waals surface area contributed by atoms with Crippen LogP contribution >= 0.6 is 11.6 Å². The summed E-state index contributed by atoms with van der Waals surface area (Å²) in [7, 11) is 0. The predicted octanol–water partition coefficient (Wildman–Crippen LogP) is 2.54. The van der Waals surface area contributed by atoms with E-state index in [9.17, 15) is 4.39 Å². The molecular formula is C10H14ClFN2. The fraction of sp³-hybridized carbons (Fsp3) is 0.500. The van der Waals surface area contributed by atoms with Crippen LogP contribution in [0.25, 0.3) is 0 Å². The molecule has 1 heterocycles. The first kappa shape index (κ1) is 11.4. The SMILES string of the molecule is CCCC(N)Cc1ncc(Cl)cc1F. The van der Waals surface area contributed by atoms with Crippen LogP contribution in [-0.4, -0.2) is 11.0 Å². The van der Waals surface area contributed by atoms with Gasteiger partial charge in [0.05, 0.1) is 10.7 Å². The number of rotatable bonds is 4. The molecule has 1 unspecified atom stereocenters. The van der Waals surface area contributed by atoms with E-state index in [1.165, 1.54) is 12.3 Å². The molecule has 78 valence electrons. The first-order chi connectivity index (χ1) is 6.63. The standard InChI is InChI=1S/C10H14ClFN2/c1-2-3-8(13)5-10-9(12)4-7(11)6-14-10/h4,6,8H,2-3,5,13H2,1H3. The van der Waals surface area contributed by atoms with Crippen LogP contribution < -0.4 is 5.73 Å². The Hall–Kier alpha value is -0.670. The van der Waals surface area contributed by atoms with E-state index in [1.54, 1.807) is 0 Å². The van der Waals surface area contributed by atoms with Crippen molar-refractivity contribution in [2.75, 3.05) is 0 Å². The van der Waals surface area contributed by atoms with Gasteiger partial charge in [0.2, 0.25) is 0 Å². The molecule has 14 heavy (non-hydrogen) atoms. The molecule has 0 aliphatic heterocycles. The van der Waals surface area contributed by atoms with Crippen molar-refractivity contribution in [2.45, 2.75) is 32.2 Å². The number of hydrogen-bond donors (Lipinski definition) is 1. The van der Waals surface area contributed by atoms with Crippen molar-refractivity contribution < 1.29 is 4.39 Å². The average Bonchev–Trinajstić information content (AvgIpc) is 2.10. The molecule has 0 aliphatic rings. The van der Waals surface area contributed by atoms with Gasteiger partial charge in [-0.3, -0.25) is 4.98 Å². The van der Waals surface area contributed by atoms with E-state index in [1.807, 2.05) is 6.92 Å². The molecule has 2 N–H and O–H groups in total. The Morgan fingerprint density at radius 3 is 2.93 bits per heavy atom. The Labute approximate surface area is 88.3 Å². The van der Waals surface area contributed by atoms with E-state index < -0.39 is 0 Å². The van der Waals surface area contributed by atoms with Crippen LogP contribution in [0.2, 0.25) is 5.02 Å². The first-order valence-electron chi connectivity index (χ1n) is 4.69. The minimum absolute atomic E-state index is 0.0248. The molecule has 0 saturated carbocycles. The zero-order valence-corrected chi connectivity index (χ0v) is 8.89. The lowest BCUT2D eigenvalue weighted by atomic mass is 10.1. The third kappa shape index (κ3) is 3.24. The van der Waals surface area contributed by atoms with Crippen molar-refractivity contribution in [3.8, 4) is 0 Å². The second-order valence-electron chi connectivity index (χ2n) is 3.33. The minimum Gasteiger partial charge on any atom is -0.327 e. The van der Waals surface area contributed by atoms with E-state index in [0.717, 1.165) is 12.8 Å². The summed E-state index contributed by atoms with van der Waals surface area (Å²) in [5, 5.41) is 0.315. The Morgan fingerprint density at radius 2 is 2.36 bits per heavy atom. The molecule has 2 nitrogen and oxygen atoms in total. The number of hydrogen-bond acceptors (Lipinski definition) is 2. The van der Waals surface area contributed by atoms with Gasteiger partial charge in [-0.15, -0.1) is 0 Å². The summed E-state index contributed by atoms with van der Waals surface area (Å²) in [5.41, 5.74) is 6.18. The highest BCUT2D eigenvalue weighted by Gasteiger charge is 2.09. The monoisotopic (exact) mass is 216 g/mol. The maximum atomic E-state index is 13.2. The summed E-state index contributed by atoms with van der Waals surface area (Å²) in [6, 6.07) is 1.24. The van der Waals surface area contributed by atoms with E-state index in [2.05, 4.69) is 4.98 Å². The maximum absolute atomic E-state index is 13.2. The van der Waals surface area contributed by atoms with Crippen LogP contribution in [0.4, 0.5) is 4.39 Å². The van der Waals surface area contributed by atoms with Crippen LogP contribution in [0.5, 0.6) is 0 Å². The van der Waals surface area contributed by atoms with Gasteiger partial charge in [-0.05, 0) is 12.5 Å². The van der Waals surface area contributed by atoms with Gasteiger partial charge in [0, 0.05) is 18.7 Å². The number of aromatic nitrogens is 1. The molecule has 1 aromatic rings. The Balaban J connectivity index is 2.67. The molecule has 1 atom stereocenters. The second kappa shape index (κ2) is 5.27. The molecule has 0 fully saturated rings. The molecule has 0 amide bonds. The predicted molar refractivity (Wildman–Crippen MR) is 55.8 cm³/mol. The lowest BCUT2D eigenvalue weighted by Gasteiger charge is -2.09. The van der Waals surface area contributed by atoms with Gasteiger partial charge >= 0.3 is 0 Å². The lowest BCUT2D eigenvalue weighted by molar-refractivity contribution is 0.549. The first-order valence-corrected chi connectivity index (χ1v) is 5.06. The highest BCUT2D eigenvalue weighted by atomic mass is 35.5. The van der Waals surface area contributed by atoms with Gasteiger partial charge in [0.25, 0.3) is 0 Å². The normalized spacial score (nSPS) is 12.9. The zero-order chi connectivity index (χ0) is 10.6. The third-order valence-electron chi connectivity index (χ3n) is 2.00. The summed E-state index contributed by atoms with van der Waals surface area (Å²) < 4.78 is 13.2. The smallest absolute Gasteiger partial charge is 0.146 e. The molecule has 4 heteroatoms. The maximum Gasteiger partial charge on any atom is 0.146 e. The summed E-state index contributed by atoms with van der Waals surface area (Å²) >= 11 is 5.58. The van der Waals surface area contributed by atoms with Gasteiger partial charge < -0.3 is 5.73 Å². The zero-order valence-electron chi connectivity index (χ0n) is 8.13. The largest absolute Gasteiger partial charge is 0.327 e. The summed E-state index contributed by atoms with van der Waals surface area (Å²) in [5.74, 6) is -0.371. The molecular weight excluding hydrogens is 203 g/mol. The Bertz CT molecular complexity index is 304. The van der Waals surface area contributed by atoms with Crippen LogP contribution in [0.15, 0.2) is 12.3 Å². The van der Waals surface area contributed by atoms with Gasteiger partial charge in [0.15, 0.2) is 0 Å².